The first-order valence-corrected chi connectivity index (χ1v) is 6.45. The Bertz CT molecular complexity index is 814. The Morgan fingerprint density at radius 1 is 1.20 bits per heavy atom. The van der Waals surface area contributed by atoms with Gasteiger partial charge in [0.1, 0.15) is 9.71 Å². The number of nitro benzene ring substituents is 1. The van der Waals surface area contributed by atoms with Crippen LogP contribution in [0, 0.1) is 10.1 Å². The molecular weight excluding hydrogens is 280 g/mol. The minimum atomic E-state index is -0.731. The molecule has 2 N–H and O–H groups in total. The molecule has 0 fully saturated rings. The van der Waals surface area contributed by atoms with E-state index in [1.807, 2.05) is 30.3 Å². The molecule has 1 aromatic heterocycles. The minimum absolute atomic E-state index is 0.240. The van der Waals surface area contributed by atoms with Crippen LogP contribution in [0.3, 0.4) is 0 Å². The first-order valence-electron chi connectivity index (χ1n) is 5.63. The second-order valence-corrected chi connectivity index (χ2v) is 5.08. The van der Waals surface area contributed by atoms with Crippen LogP contribution in [0.15, 0.2) is 36.4 Å². The summed E-state index contributed by atoms with van der Waals surface area (Å²) in [6, 6.07) is 10.4. The summed E-state index contributed by atoms with van der Waals surface area (Å²) in [5.41, 5.74) is 0.595. The molecule has 0 spiro atoms. The van der Waals surface area contributed by atoms with Gasteiger partial charge < -0.3 is 10.2 Å². The molecule has 6 nitrogen and oxygen atoms in total. The second-order valence-electron chi connectivity index (χ2n) is 4.08. The van der Waals surface area contributed by atoms with Crippen LogP contribution in [0.5, 0.6) is 11.5 Å². The fourth-order valence-corrected chi connectivity index (χ4v) is 2.97. The number of fused-ring (bicyclic) bond motifs is 1. The summed E-state index contributed by atoms with van der Waals surface area (Å²) >= 11 is 1.10. The molecule has 0 saturated heterocycles. The van der Waals surface area contributed by atoms with Crippen molar-refractivity contribution in [1.29, 1.82) is 0 Å². The van der Waals surface area contributed by atoms with E-state index in [1.165, 1.54) is 6.07 Å². The molecule has 0 bridgehead atoms. The van der Waals surface area contributed by atoms with Crippen molar-refractivity contribution in [2.45, 2.75) is 0 Å². The van der Waals surface area contributed by atoms with Crippen molar-refractivity contribution in [2.24, 2.45) is 0 Å². The van der Waals surface area contributed by atoms with E-state index < -0.39 is 22.1 Å². The van der Waals surface area contributed by atoms with Crippen LogP contribution in [-0.2, 0) is 0 Å². The third kappa shape index (κ3) is 1.84. The zero-order valence-electron chi connectivity index (χ0n) is 9.98. The van der Waals surface area contributed by atoms with Crippen LogP contribution < -0.4 is 0 Å². The normalized spacial score (nSPS) is 10.8. The Morgan fingerprint density at radius 3 is 2.55 bits per heavy atom. The molecule has 1 heterocycles. The molecule has 0 aliphatic heterocycles. The fraction of sp³-hybridized carbons (Fsp3) is 0. The van der Waals surface area contributed by atoms with Gasteiger partial charge in [-0.3, -0.25) is 10.1 Å². The number of rotatable bonds is 2. The summed E-state index contributed by atoms with van der Waals surface area (Å²) in [5.74, 6) is -1.28. The van der Waals surface area contributed by atoms with Gasteiger partial charge in [0.25, 0.3) is 0 Å². The van der Waals surface area contributed by atoms with E-state index in [0.717, 1.165) is 16.9 Å². The van der Waals surface area contributed by atoms with E-state index in [-0.39, 0.29) is 10.2 Å². The maximum atomic E-state index is 11.0. The van der Waals surface area contributed by atoms with Crippen LogP contribution in [0.2, 0.25) is 0 Å². The van der Waals surface area contributed by atoms with Gasteiger partial charge in [0.15, 0.2) is 5.75 Å². The zero-order chi connectivity index (χ0) is 14.3. The number of phenolic OH excluding ortho intramolecular Hbond substituents is 2. The smallest absolute Gasteiger partial charge is 0.333 e. The summed E-state index contributed by atoms with van der Waals surface area (Å²) < 4.78 is 0.240. The first kappa shape index (κ1) is 12.4. The number of thiazole rings is 1. The van der Waals surface area contributed by atoms with Crippen LogP contribution in [-0.4, -0.2) is 20.1 Å². The lowest BCUT2D eigenvalue weighted by Gasteiger charge is -1.98. The van der Waals surface area contributed by atoms with E-state index in [9.17, 15) is 20.3 Å². The number of nitrogens with zero attached hydrogens (tertiary/aromatic N) is 2. The van der Waals surface area contributed by atoms with Gasteiger partial charge in [-0.15, -0.1) is 11.3 Å². The Morgan fingerprint density at radius 2 is 1.90 bits per heavy atom. The second kappa shape index (κ2) is 4.46. The van der Waals surface area contributed by atoms with E-state index in [4.69, 9.17) is 0 Å². The van der Waals surface area contributed by atoms with Crippen molar-refractivity contribution in [3.05, 3.63) is 46.5 Å². The summed E-state index contributed by atoms with van der Waals surface area (Å²) in [5, 5.41) is 30.8. The molecule has 0 unspecified atom stereocenters. The molecule has 3 aromatic rings. The summed E-state index contributed by atoms with van der Waals surface area (Å²) in [6.07, 6.45) is 0. The zero-order valence-corrected chi connectivity index (χ0v) is 10.8. The SMILES string of the molecule is O=[N+]([O-])c1c(O)c(O)cc2nc(-c3ccccc3)sc12. The molecule has 7 heteroatoms. The van der Waals surface area contributed by atoms with Crippen molar-refractivity contribution >= 4 is 27.2 Å². The lowest BCUT2D eigenvalue weighted by molar-refractivity contribution is -0.383. The van der Waals surface area contributed by atoms with Gasteiger partial charge in [-0.25, -0.2) is 4.98 Å². The monoisotopic (exact) mass is 288 g/mol. The Labute approximate surface area is 116 Å². The van der Waals surface area contributed by atoms with Crippen molar-refractivity contribution < 1.29 is 15.1 Å². The fourth-order valence-electron chi connectivity index (χ4n) is 1.90. The van der Waals surface area contributed by atoms with Gasteiger partial charge in [0.2, 0.25) is 5.75 Å². The molecule has 20 heavy (non-hydrogen) atoms. The van der Waals surface area contributed by atoms with Gasteiger partial charge in [0, 0.05) is 11.6 Å². The van der Waals surface area contributed by atoms with Crippen LogP contribution in [0.25, 0.3) is 20.8 Å². The number of phenols is 2. The standard InChI is InChI=1S/C13H8N2O4S/c16-9-6-8-12(10(11(9)17)15(18)19)20-13(14-8)7-4-2-1-3-5-7/h1-6,16-17H. The Kier molecular flexibility index (Phi) is 2.76. The topological polar surface area (TPSA) is 96.5 Å². The molecule has 2 aromatic carbocycles. The molecular formula is C13H8N2O4S. The average Bonchev–Trinajstić information content (AvgIpc) is 2.83. The van der Waals surface area contributed by atoms with Gasteiger partial charge in [-0.1, -0.05) is 30.3 Å². The number of nitro groups is 1. The third-order valence-corrected chi connectivity index (χ3v) is 3.94. The van der Waals surface area contributed by atoms with E-state index in [1.54, 1.807) is 0 Å². The summed E-state index contributed by atoms with van der Waals surface area (Å²) in [6.45, 7) is 0. The average molecular weight is 288 g/mol. The predicted molar refractivity (Wildman–Crippen MR) is 75.0 cm³/mol. The van der Waals surface area contributed by atoms with E-state index in [2.05, 4.69) is 4.98 Å². The molecule has 3 rings (SSSR count). The largest absolute Gasteiger partial charge is 0.504 e. The van der Waals surface area contributed by atoms with Gasteiger partial charge in [-0.2, -0.15) is 0 Å². The van der Waals surface area contributed by atoms with Crippen LogP contribution in [0.1, 0.15) is 0 Å². The third-order valence-electron chi connectivity index (χ3n) is 2.81. The summed E-state index contributed by atoms with van der Waals surface area (Å²) in [4.78, 5) is 14.6. The summed E-state index contributed by atoms with van der Waals surface area (Å²) in [7, 11) is 0. The molecule has 0 atom stereocenters. The van der Waals surface area contributed by atoms with Crippen molar-refractivity contribution in [1.82, 2.24) is 4.98 Å². The maximum Gasteiger partial charge on any atom is 0.333 e. The highest BCUT2D eigenvalue weighted by Crippen LogP contribution is 2.45. The molecule has 0 aliphatic rings. The van der Waals surface area contributed by atoms with Crippen molar-refractivity contribution in [3.8, 4) is 22.1 Å². The molecule has 100 valence electrons. The van der Waals surface area contributed by atoms with Gasteiger partial charge in [0.05, 0.1) is 10.4 Å². The highest BCUT2D eigenvalue weighted by atomic mass is 32.1. The Hall–Kier alpha value is -2.67. The highest BCUT2D eigenvalue weighted by molar-refractivity contribution is 7.22. The highest BCUT2D eigenvalue weighted by Gasteiger charge is 2.25. The van der Waals surface area contributed by atoms with Crippen LogP contribution >= 0.6 is 11.3 Å². The van der Waals surface area contributed by atoms with Gasteiger partial charge >= 0.3 is 5.69 Å². The number of hydrogen-bond acceptors (Lipinski definition) is 6. The maximum absolute atomic E-state index is 11.0. The minimum Gasteiger partial charge on any atom is -0.504 e. The van der Waals surface area contributed by atoms with E-state index >= 15 is 0 Å². The lowest BCUT2D eigenvalue weighted by atomic mass is 10.2. The number of benzene rings is 2. The molecule has 0 aliphatic carbocycles. The van der Waals surface area contributed by atoms with Gasteiger partial charge in [-0.05, 0) is 0 Å². The number of hydrogen-bond donors (Lipinski definition) is 2. The number of aromatic hydroxyl groups is 2. The van der Waals surface area contributed by atoms with E-state index in [0.29, 0.717) is 5.01 Å². The molecule has 0 amide bonds. The molecule has 0 saturated carbocycles. The number of aromatic nitrogens is 1. The van der Waals surface area contributed by atoms with Crippen molar-refractivity contribution in [2.75, 3.05) is 0 Å². The predicted octanol–water partition coefficient (Wildman–Crippen LogP) is 3.28. The Balaban J connectivity index is 2.31. The van der Waals surface area contributed by atoms with Crippen LogP contribution in [0.4, 0.5) is 5.69 Å². The van der Waals surface area contributed by atoms with Crippen molar-refractivity contribution in [3.63, 3.8) is 0 Å². The first-order chi connectivity index (χ1) is 9.58. The quantitative estimate of drug-likeness (QED) is 0.428. The molecule has 0 radical (unpaired) electrons. The lowest BCUT2D eigenvalue weighted by Crippen LogP contribution is -1.89.